The first-order valence-electron chi connectivity index (χ1n) is 4.69. The molecule has 0 aliphatic rings. The minimum atomic E-state index is -4.17. The predicted molar refractivity (Wildman–Crippen MR) is 50.4 cm³/mol. The van der Waals surface area contributed by atoms with Crippen molar-refractivity contribution in [3.63, 3.8) is 0 Å². The Bertz CT molecular complexity index is 378. The van der Waals surface area contributed by atoms with E-state index in [0.29, 0.717) is 5.76 Å². The lowest BCUT2D eigenvalue weighted by Crippen LogP contribution is -2.30. The third-order valence-corrected chi connectivity index (χ3v) is 1.93. The molecule has 0 aromatic carbocycles. The fourth-order valence-corrected chi connectivity index (χ4v) is 1.23. The monoisotopic (exact) mass is 232 g/mol. The van der Waals surface area contributed by atoms with Crippen LogP contribution in [0, 0.1) is 11.3 Å². The summed E-state index contributed by atoms with van der Waals surface area (Å²) in [4.78, 5) is 0. The summed E-state index contributed by atoms with van der Waals surface area (Å²) in [7, 11) is 0. The molecule has 0 aliphatic heterocycles. The fraction of sp³-hybridized carbons (Fsp3) is 0.500. The van der Waals surface area contributed by atoms with Gasteiger partial charge in [-0.3, -0.25) is 0 Å². The zero-order valence-electron chi connectivity index (χ0n) is 8.64. The molecule has 1 N–H and O–H groups in total. The third kappa shape index (κ3) is 4.36. The lowest BCUT2D eigenvalue weighted by molar-refractivity contribution is -0.139. The summed E-state index contributed by atoms with van der Waals surface area (Å²) < 4.78 is 41.0. The highest BCUT2D eigenvalue weighted by atomic mass is 19.4. The Morgan fingerprint density at radius 1 is 1.50 bits per heavy atom. The number of nitrogens with one attached hydrogen (secondary N) is 1. The molecule has 0 amide bonds. The van der Waals surface area contributed by atoms with Gasteiger partial charge in [0, 0.05) is 6.04 Å². The first kappa shape index (κ1) is 12.6. The third-order valence-electron chi connectivity index (χ3n) is 1.93. The van der Waals surface area contributed by atoms with Crippen LogP contribution in [-0.2, 0) is 6.54 Å². The van der Waals surface area contributed by atoms with Gasteiger partial charge in [0.15, 0.2) is 0 Å². The minimum Gasteiger partial charge on any atom is -0.449 e. The second-order valence-corrected chi connectivity index (χ2v) is 3.48. The Balaban J connectivity index is 2.37. The van der Waals surface area contributed by atoms with Crippen molar-refractivity contribution < 1.29 is 17.6 Å². The maximum absolute atomic E-state index is 12.0. The van der Waals surface area contributed by atoms with Gasteiger partial charge in [-0.15, -0.1) is 0 Å². The molecule has 3 nitrogen and oxygen atoms in total. The van der Waals surface area contributed by atoms with E-state index in [9.17, 15) is 13.2 Å². The van der Waals surface area contributed by atoms with Crippen LogP contribution in [0.4, 0.5) is 13.2 Å². The molecule has 0 spiro atoms. The van der Waals surface area contributed by atoms with Gasteiger partial charge in [-0.2, -0.15) is 18.4 Å². The van der Waals surface area contributed by atoms with Gasteiger partial charge >= 0.3 is 6.18 Å². The molecular formula is C10H11F3N2O. The molecule has 0 saturated heterocycles. The van der Waals surface area contributed by atoms with Gasteiger partial charge in [-0.25, -0.2) is 0 Å². The van der Waals surface area contributed by atoms with Crippen LogP contribution in [0.1, 0.15) is 24.9 Å². The van der Waals surface area contributed by atoms with Crippen molar-refractivity contribution in [3.05, 3.63) is 23.7 Å². The van der Waals surface area contributed by atoms with E-state index >= 15 is 0 Å². The number of hydrogen-bond acceptors (Lipinski definition) is 3. The molecule has 6 heteroatoms. The lowest BCUT2D eigenvalue weighted by Gasteiger charge is -2.14. The fourth-order valence-electron chi connectivity index (χ4n) is 1.23. The van der Waals surface area contributed by atoms with Crippen molar-refractivity contribution >= 4 is 0 Å². The second-order valence-electron chi connectivity index (χ2n) is 3.48. The van der Waals surface area contributed by atoms with E-state index in [1.807, 2.05) is 0 Å². The van der Waals surface area contributed by atoms with Gasteiger partial charge in [-0.05, 0) is 19.1 Å². The Morgan fingerprint density at radius 2 is 2.19 bits per heavy atom. The Kier molecular flexibility index (Phi) is 3.96. The van der Waals surface area contributed by atoms with Gasteiger partial charge < -0.3 is 9.73 Å². The van der Waals surface area contributed by atoms with Crippen molar-refractivity contribution in [2.24, 2.45) is 0 Å². The summed E-state index contributed by atoms with van der Waals surface area (Å²) in [5, 5.41) is 11.1. The normalized spacial score (nSPS) is 13.4. The Hall–Kier alpha value is -1.48. The van der Waals surface area contributed by atoms with E-state index in [4.69, 9.17) is 9.68 Å². The van der Waals surface area contributed by atoms with Crippen LogP contribution in [0.5, 0.6) is 0 Å². The highest BCUT2D eigenvalue weighted by molar-refractivity contribution is 5.18. The number of rotatable bonds is 4. The first-order chi connectivity index (χ1) is 7.40. The van der Waals surface area contributed by atoms with Crippen LogP contribution in [0.15, 0.2) is 16.5 Å². The largest absolute Gasteiger partial charge is 0.449 e. The van der Waals surface area contributed by atoms with Crippen LogP contribution in [0.2, 0.25) is 0 Å². The van der Waals surface area contributed by atoms with Gasteiger partial charge in [0.25, 0.3) is 0 Å². The number of halogens is 3. The maximum atomic E-state index is 12.0. The van der Waals surface area contributed by atoms with E-state index in [1.54, 1.807) is 12.1 Å². The van der Waals surface area contributed by atoms with Crippen LogP contribution in [0.3, 0.4) is 0 Å². The highest BCUT2D eigenvalue weighted by Gasteiger charge is 2.29. The number of nitriles is 1. The van der Waals surface area contributed by atoms with E-state index in [1.165, 1.54) is 13.0 Å². The zero-order valence-corrected chi connectivity index (χ0v) is 8.64. The molecule has 88 valence electrons. The minimum absolute atomic E-state index is 0.153. The maximum Gasteiger partial charge on any atom is 0.390 e. The van der Waals surface area contributed by atoms with Gasteiger partial charge in [0.2, 0.25) is 5.76 Å². The summed E-state index contributed by atoms with van der Waals surface area (Å²) in [6, 6.07) is 4.15. The summed E-state index contributed by atoms with van der Waals surface area (Å²) >= 11 is 0. The number of nitrogens with zero attached hydrogens (tertiary/aromatic N) is 1. The van der Waals surface area contributed by atoms with Crippen LogP contribution < -0.4 is 5.32 Å². The number of alkyl halides is 3. The van der Waals surface area contributed by atoms with Crippen LogP contribution >= 0.6 is 0 Å². The molecule has 1 atom stereocenters. The molecule has 0 aliphatic carbocycles. The average molecular weight is 232 g/mol. The van der Waals surface area contributed by atoms with E-state index < -0.39 is 18.6 Å². The molecule has 0 radical (unpaired) electrons. The van der Waals surface area contributed by atoms with Crippen molar-refractivity contribution in [2.75, 3.05) is 0 Å². The predicted octanol–water partition coefficient (Wildman–Crippen LogP) is 2.58. The molecule has 1 aromatic heterocycles. The van der Waals surface area contributed by atoms with Gasteiger partial charge in [0.05, 0.1) is 13.0 Å². The quantitative estimate of drug-likeness (QED) is 0.867. The van der Waals surface area contributed by atoms with Crippen molar-refractivity contribution in [2.45, 2.75) is 32.1 Å². The van der Waals surface area contributed by atoms with Crippen LogP contribution in [-0.4, -0.2) is 12.2 Å². The van der Waals surface area contributed by atoms with Crippen LogP contribution in [0.25, 0.3) is 0 Å². The van der Waals surface area contributed by atoms with E-state index in [2.05, 4.69) is 5.32 Å². The summed E-state index contributed by atoms with van der Waals surface area (Å²) in [6.07, 6.45) is -5.06. The number of hydrogen-bond donors (Lipinski definition) is 1. The molecule has 0 bridgehead atoms. The molecule has 16 heavy (non-hydrogen) atoms. The summed E-state index contributed by atoms with van der Waals surface area (Å²) in [6.45, 7) is 1.63. The second kappa shape index (κ2) is 5.03. The van der Waals surface area contributed by atoms with Crippen molar-refractivity contribution in [3.8, 4) is 6.07 Å². The van der Waals surface area contributed by atoms with Gasteiger partial charge in [-0.1, -0.05) is 0 Å². The smallest absolute Gasteiger partial charge is 0.390 e. The molecular weight excluding hydrogens is 221 g/mol. The van der Waals surface area contributed by atoms with Crippen molar-refractivity contribution in [1.29, 1.82) is 5.26 Å². The first-order valence-corrected chi connectivity index (χ1v) is 4.69. The lowest BCUT2D eigenvalue weighted by atomic mass is 10.2. The molecule has 0 fully saturated rings. The number of furan rings is 1. The Morgan fingerprint density at radius 3 is 2.69 bits per heavy atom. The summed E-state index contributed by atoms with van der Waals surface area (Å²) in [5.41, 5.74) is 0. The van der Waals surface area contributed by atoms with Crippen molar-refractivity contribution in [1.82, 2.24) is 5.32 Å². The van der Waals surface area contributed by atoms with E-state index in [0.717, 1.165) is 0 Å². The molecule has 0 saturated carbocycles. The molecule has 1 heterocycles. The van der Waals surface area contributed by atoms with E-state index in [-0.39, 0.29) is 12.3 Å². The molecule has 1 unspecified atom stereocenters. The Labute approximate surface area is 90.9 Å². The van der Waals surface area contributed by atoms with Gasteiger partial charge in [0.1, 0.15) is 11.8 Å². The highest BCUT2D eigenvalue weighted by Crippen LogP contribution is 2.21. The SMILES string of the molecule is CC(CC(F)(F)F)NCc1ccc(C#N)o1. The zero-order chi connectivity index (χ0) is 12.2. The summed E-state index contributed by atoms with van der Waals surface area (Å²) in [5.74, 6) is 0.603. The molecule has 1 rings (SSSR count). The average Bonchev–Trinajstić information content (AvgIpc) is 2.59. The topological polar surface area (TPSA) is 49.0 Å². The molecule has 1 aromatic rings. The standard InChI is InChI=1S/C10H11F3N2O/c1-7(4-10(11,12)13)15-6-9-3-2-8(5-14)16-9/h2-3,7,15H,4,6H2,1H3.